The Morgan fingerprint density at radius 2 is 1.64 bits per heavy atom. The zero-order valence-corrected chi connectivity index (χ0v) is 23.7. The second-order valence-electron chi connectivity index (χ2n) is 10.2. The van der Waals surface area contributed by atoms with Crippen LogP contribution >= 0.6 is 0 Å². The number of carboxylic acid groups (broad SMARTS) is 1. The van der Waals surface area contributed by atoms with Crippen LogP contribution in [0.25, 0.3) is 0 Å². The summed E-state index contributed by atoms with van der Waals surface area (Å²) in [7, 11) is -4.26. The number of alkyl halides is 3. The second-order valence-corrected chi connectivity index (χ2v) is 12.2. The third-order valence-corrected chi connectivity index (χ3v) is 8.99. The van der Waals surface area contributed by atoms with Crippen LogP contribution in [-0.2, 0) is 14.6 Å². The first-order chi connectivity index (χ1) is 20.8. The molecule has 5 rings (SSSR count). The van der Waals surface area contributed by atoms with E-state index in [0.717, 1.165) is 18.2 Å². The molecule has 3 N–H and O–H groups in total. The molecule has 2 aliphatic rings. The lowest BCUT2D eigenvalue weighted by atomic mass is 9.87. The van der Waals surface area contributed by atoms with Crippen molar-refractivity contribution in [2.45, 2.75) is 22.9 Å². The van der Waals surface area contributed by atoms with E-state index in [0.29, 0.717) is 6.42 Å². The fourth-order valence-electron chi connectivity index (χ4n) is 5.46. The summed E-state index contributed by atoms with van der Waals surface area (Å²) in [5.74, 6) is -2.96. The molecular formula is C30H25F3N2O8S. The predicted molar refractivity (Wildman–Crippen MR) is 150 cm³/mol. The van der Waals surface area contributed by atoms with Gasteiger partial charge in [-0.2, -0.15) is 13.2 Å². The minimum absolute atomic E-state index is 0.0105. The van der Waals surface area contributed by atoms with Crippen LogP contribution in [0.2, 0.25) is 0 Å². The molecule has 3 aromatic rings. The number of carbonyl (C=O) groups excluding carboxylic acids is 2. The molecule has 0 aromatic heterocycles. The Balaban J connectivity index is 1.35. The van der Waals surface area contributed by atoms with Crippen molar-refractivity contribution >= 4 is 33.3 Å². The number of hydrogen-bond acceptors (Lipinski definition) is 7. The van der Waals surface area contributed by atoms with Gasteiger partial charge in [-0.1, -0.05) is 24.3 Å². The summed E-state index contributed by atoms with van der Waals surface area (Å²) < 4.78 is 73.9. The molecular weight excluding hydrogens is 605 g/mol. The van der Waals surface area contributed by atoms with E-state index in [1.165, 1.54) is 49.6 Å². The van der Waals surface area contributed by atoms with Gasteiger partial charge in [0.05, 0.1) is 29.1 Å². The van der Waals surface area contributed by atoms with Crippen LogP contribution < -0.4 is 20.1 Å². The minimum atomic E-state index is -5.62. The third kappa shape index (κ3) is 5.97. The molecule has 1 fully saturated rings. The van der Waals surface area contributed by atoms with Gasteiger partial charge in [-0.25, -0.2) is 13.2 Å². The number of fused-ring (bicyclic) bond motifs is 2. The number of methoxy groups -OCH3 is 1. The van der Waals surface area contributed by atoms with Gasteiger partial charge in [-0.3, -0.25) is 9.59 Å². The summed E-state index contributed by atoms with van der Waals surface area (Å²) in [5.41, 5.74) is -5.56. The van der Waals surface area contributed by atoms with Crippen molar-refractivity contribution in [3.8, 4) is 17.2 Å². The lowest BCUT2D eigenvalue weighted by Crippen LogP contribution is -2.47. The molecule has 0 unspecified atom stereocenters. The highest BCUT2D eigenvalue weighted by atomic mass is 32.2. The summed E-state index contributed by atoms with van der Waals surface area (Å²) in [6.45, 7) is 0. The van der Waals surface area contributed by atoms with Crippen LogP contribution in [0.3, 0.4) is 0 Å². The smallest absolute Gasteiger partial charge is 0.496 e. The van der Waals surface area contributed by atoms with Crippen LogP contribution in [0.5, 0.6) is 17.2 Å². The topological polar surface area (TPSA) is 148 Å². The van der Waals surface area contributed by atoms with Gasteiger partial charge in [0.2, 0.25) is 5.91 Å². The van der Waals surface area contributed by atoms with E-state index < -0.39 is 50.0 Å². The maximum absolute atomic E-state index is 13.5. The van der Waals surface area contributed by atoms with Crippen molar-refractivity contribution in [3.63, 3.8) is 0 Å². The summed E-state index contributed by atoms with van der Waals surface area (Å²) in [6, 6.07) is 13.4. The Kier molecular flexibility index (Phi) is 8.12. The molecule has 2 amide bonds. The van der Waals surface area contributed by atoms with E-state index in [1.807, 2.05) is 12.2 Å². The Labute approximate surface area is 249 Å². The molecule has 0 spiro atoms. The number of benzene rings is 3. The maximum atomic E-state index is 13.5. The quantitative estimate of drug-likeness (QED) is 0.279. The molecule has 1 saturated carbocycles. The van der Waals surface area contributed by atoms with Gasteiger partial charge in [0.25, 0.3) is 15.7 Å². The fourth-order valence-corrected chi connectivity index (χ4v) is 6.27. The van der Waals surface area contributed by atoms with E-state index in [4.69, 9.17) is 9.47 Å². The summed E-state index contributed by atoms with van der Waals surface area (Å²) in [6.07, 6.45) is 4.26. The van der Waals surface area contributed by atoms with Crippen molar-refractivity contribution in [2.24, 2.45) is 17.8 Å². The van der Waals surface area contributed by atoms with E-state index in [-0.39, 0.29) is 45.9 Å². The Bertz CT molecular complexity index is 1770. The number of carbonyl (C=O) groups is 3. The molecule has 2 aliphatic carbocycles. The van der Waals surface area contributed by atoms with Gasteiger partial charge in [-0.15, -0.1) is 0 Å². The number of amides is 2. The molecule has 14 heteroatoms. The average molecular weight is 631 g/mol. The Hall–Kier alpha value is -4.85. The number of allylic oxidation sites excluding steroid dienone is 1. The fraction of sp³-hybridized carbons (Fsp3) is 0.233. The van der Waals surface area contributed by atoms with Crippen molar-refractivity contribution < 1.29 is 50.6 Å². The largest absolute Gasteiger partial charge is 0.501 e. The summed E-state index contributed by atoms with van der Waals surface area (Å²) in [5, 5.41) is 14.6. The molecule has 0 aliphatic heterocycles. The number of halogens is 3. The highest BCUT2D eigenvalue weighted by molar-refractivity contribution is 7.92. The normalized spacial score (nSPS) is 20.6. The first-order valence-corrected chi connectivity index (χ1v) is 14.7. The molecule has 230 valence electrons. The Morgan fingerprint density at radius 3 is 2.34 bits per heavy atom. The standard InChI is InChI=1S/C30H25F3N2O8S/c1-42-24-11-10-21(43-20-6-2-4-18(13-20)29(38)39)15-23(24)27(36)35-26-17-9-8-16(12-17)25(26)28(37)34-19-5-3-7-22(14-19)44(40,41)30(31,32)33/h2-11,13-17,25-26H,12H2,1H3,(H,34,37)(H,35,36)(H,38,39)/t16-,17+,25+,26-/m1/s1. The SMILES string of the molecule is COc1ccc(Oc2cccc(C(=O)O)c2)cc1C(=O)N[C@H]1[C@@H](C(=O)Nc2cccc(S(=O)(=O)C(F)(F)F)c2)[C@@H]2C=C[C@H]1C2. The molecule has 2 bridgehead atoms. The minimum Gasteiger partial charge on any atom is -0.496 e. The number of anilines is 1. The Morgan fingerprint density at radius 1 is 0.932 bits per heavy atom. The zero-order chi connectivity index (χ0) is 31.8. The van der Waals surface area contributed by atoms with Crippen LogP contribution in [0.15, 0.2) is 83.8 Å². The van der Waals surface area contributed by atoms with E-state index >= 15 is 0 Å². The molecule has 44 heavy (non-hydrogen) atoms. The van der Waals surface area contributed by atoms with Gasteiger partial charge in [-0.05, 0) is 72.9 Å². The monoisotopic (exact) mass is 630 g/mol. The highest BCUT2D eigenvalue weighted by Gasteiger charge is 2.49. The molecule has 0 heterocycles. The van der Waals surface area contributed by atoms with E-state index in [2.05, 4.69) is 10.6 Å². The van der Waals surface area contributed by atoms with Gasteiger partial charge < -0.3 is 25.2 Å². The van der Waals surface area contributed by atoms with Crippen LogP contribution in [0, 0.1) is 17.8 Å². The van der Waals surface area contributed by atoms with Gasteiger partial charge >= 0.3 is 11.5 Å². The van der Waals surface area contributed by atoms with Crippen molar-refractivity contribution in [1.29, 1.82) is 0 Å². The molecule has 3 aromatic carbocycles. The maximum Gasteiger partial charge on any atom is 0.501 e. The van der Waals surface area contributed by atoms with Crippen LogP contribution in [-0.4, -0.2) is 50.0 Å². The lowest BCUT2D eigenvalue weighted by molar-refractivity contribution is -0.121. The third-order valence-electron chi connectivity index (χ3n) is 7.51. The number of sulfone groups is 1. The number of rotatable bonds is 9. The highest BCUT2D eigenvalue weighted by Crippen LogP contribution is 2.44. The zero-order valence-electron chi connectivity index (χ0n) is 22.9. The second kappa shape index (κ2) is 11.7. The van der Waals surface area contributed by atoms with Crippen molar-refractivity contribution in [3.05, 3.63) is 90.0 Å². The summed E-state index contributed by atoms with van der Waals surface area (Å²) >= 11 is 0. The number of hydrogen-bond donors (Lipinski definition) is 3. The average Bonchev–Trinajstić information content (AvgIpc) is 3.59. The van der Waals surface area contributed by atoms with Crippen molar-refractivity contribution in [1.82, 2.24) is 5.32 Å². The van der Waals surface area contributed by atoms with Crippen LogP contribution in [0.4, 0.5) is 18.9 Å². The first kappa shape index (κ1) is 30.6. The van der Waals surface area contributed by atoms with Gasteiger partial charge in [0.1, 0.15) is 17.2 Å². The van der Waals surface area contributed by atoms with Crippen LogP contribution in [0.1, 0.15) is 27.1 Å². The van der Waals surface area contributed by atoms with E-state index in [1.54, 1.807) is 6.07 Å². The molecule has 4 atom stereocenters. The van der Waals surface area contributed by atoms with Crippen molar-refractivity contribution in [2.75, 3.05) is 12.4 Å². The van der Waals surface area contributed by atoms with Gasteiger partial charge in [0.15, 0.2) is 0 Å². The number of carboxylic acids is 1. The predicted octanol–water partition coefficient (Wildman–Crippen LogP) is 5.04. The first-order valence-electron chi connectivity index (χ1n) is 13.2. The molecule has 10 nitrogen and oxygen atoms in total. The summed E-state index contributed by atoms with van der Waals surface area (Å²) in [4.78, 5) is 37.2. The van der Waals surface area contributed by atoms with Gasteiger partial charge in [0, 0.05) is 11.7 Å². The van der Waals surface area contributed by atoms with E-state index in [9.17, 15) is 41.1 Å². The number of aromatic carboxylic acids is 1. The molecule has 0 saturated heterocycles. The lowest BCUT2D eigenvalue weighted by Gasteiger charge is -2.28. The number of ether oxygens (including phenoxy) is 2. The number of nitrogens with one attached hydrogen (secondary N) is 2. The molecule has 0 radical (unpaired) electrons.